The van der Waals surface area contributed by atoms with Crippen molar-refractivity contribution in [3.63, 3.8) is 0 Å². The number of esters is 1. The van der Waals surface area contributed by atoms with Gasteiger partial charge in [0, 0.05) is 43.4 Å². The van der Waals surface area contributed by atoms with Crippen LogP contribution < -0.4 is 5.32 Å². The molecule has 2 aromatic carbocycles. The second-order valence-corrected chi connectivity index (χ2v) is 7.23. The molecule has 148 valence electrons. The van der Waals surface area contributed by atoms with Gasteiger partial charge in [-0.15, -0.1) is 0 Å². The Kier molecular flexibility index (Phi) is 7.03. The number of piperazine rings is 1. The Morgan fingerprint density at radius 2 is 1.57 bits per heavy atom. The Balaban J connectivity index is 1.42. The Morgan fingerprint density at radius 3 is 2.18 bits per heavy atom. The third kappa shape index (κ3) is 5.79. The first-order valence-electron chi connectivity index (χ1n) is 9.21. The number of anilines is 1. The molecule has 28 heavy (non-hydrogen) atoms. The van der Waals surface area contributed by atoms with E-state index in [0.717, 1.165) is 37.7 Å². The first-order valence-corrected chi connectivity index (χ1v) is 9.58. The lowest BCUT2D eigenvalue weighted by atomic mass is 10.2. The largest absolute Gasteiger partial charge is 0.465 e. The van der Waals surface area contributed by atoms with E-state index in [2.05, 4.69) is 19.9 Å². The number of halogens is 1. The zero-order valence-corrected chi connectivity index (χ0v) is 16.6. The number of carbonyl (C=O) groups excluding carboxylic acids is 2. The van der Waals surface area contributed by atoms with Gasteiger partial charge in [-0.3, -0.25) is 14.6 Å². The van der Waals surface area contributed by atoms with E-state index in [1.807, 2.05) is 24.3 Å². The number of benzene rings is 2. The van der Waals surface area contributed by atoms with E-state index in [-0.39, 0.29) is 5.91 Å². The van der Waals surface area contributed by atoms with Crippen LogP contribution >= 0.6 is 11.6 Å². The molecule has 1 N–H and O–H groups in total. The van der Waals surface area contributed by atoms with Gasteiger partial charge in [-0.25, -0.2) is 4.79 Å². The number of nitrogens with one attached hydrogen (secondary N) is 1. The van der Waals surface area contributed by atoms with Crippen molar-refractivity contribution in [3.05, 3.63) is 64.7 Å². The molecule has 0 saturated carbocycles. The van der Waals surface area contributed by atoms with Crippen LogP contribution in [-0.2, 0) is 16.1 Å². The highest BCUT2D eigenvalue weighted by Gasteiger charge is 2.19. The summed E-state index contributed by atoms with van der Waals surface area (Å²) in [4.78, 5) is 28.3. The summed E-state index contributed by atoms with van der Waals surface area (Å²) in [6, 6.07) is 14.6. The molecule has 0 aliphatic carbocycles. The van der Waals surface area contributed by atoms with Gasteiger partial charge in [-0.1, -0.05) is 23.7 Å². The molecule has 0 bridgehead atoms. The maximum absolute atomic E-state index is 12.3. The van der Waals surface area contributed by atoms with Crippen LogP contribution in [0.25, 0.3) is 0 Å². The number of methoxy groups -OCH3 is 1. The lowest BCUT2D eigenvalue weighted by molar-refractivity contribution is -0.117. The van der Waals surface area contributed by atoms with Crippen LogP contribution in [0.3, 0.4) is 0 Å². The van der Waals surface area contributed by atoms with Crippen LogP contribution in [0.2, 0.25) is 5.02 Å². The van der Waals surface area contributed by atoms with Crippen molar-refractivity contribution >= 4 is 29.2 Å². The molecule has 0 radical (unpaired) electrons. The molecule has 0 spiro atoms. The fourth-order valence-electron chi connectivity index (χ4n) is 3.16. The lowest BCUT2D eigenvalue weighted by Gasteiger charge is -2.34. The predicted octanol–water partition coefficient (Wildman–Crippen LogP) is 2.88. The van der Waals surface area contributed by atoms with Gasteiger partial charge in [0.1, 0.15) is 0 Å². The van der Waals surface area contributed by atoms with Crippen molar-refractivity contribution < 1.29 is 14.3 Å². The summed E-state index contributed by atoms with van der Waals surface area (Å²) in [7, 11) is 1.34. The average Bonchev–Trinajstić information content (AvgIpc) is 2.71. The number of ether oxygens (including phenoxy) is 1. The van der Waals surface area contributed by atoms with Crippen molar-refractivity contribution in [2.75, 3.05) is 45.2 Å². The molecular weight excluding hydrogens is 378 g/mol. The first kappa shape index (κ1) is 20.3. The smallest absolute Gasteiger partial charge is 0.337 e. The van der Waals surface area contributed by atoms with Gasteiger partial charge in [-0.05, 0) is 42.0 Å². The summed E-state index contributed by atoms with van der Waals surface area (Å²) in [6.45, 7) is 4.79. The molecule has 1 aliphatic rings. The highest BCUT2D eigenvalue weighted by Crippen LogP contribution is 2.14. The van der Waals surface area contributed by atoms with Crippen LogP contribution in [0, 0.1) is 0 Å². The normalized spacial score (nSPS) is 15.2. The molecule has 1 heterocycles. The Bertz CT molecular complexity index is 801. The van der Waals surface area contributed by atoms with Crippen LogP contribution in [0.1, 0.15) is 15.9 Å². The molecule has 1 amide bonds. The third-order valence-electron chi connectivity index (χ3n) is 4.74. The van der Waals surface area contributed by atoms with Crippen molar-refractivity contribution in [1.82, 2.24) is 9.80 Å². The topological polar surface area (TPSA) is 61.9 Å². The highest BCUT2D eigenvalue weighted by atomic mass is 35.5. The molecule has 6 nitrogen and oxygen atoms in total. The van der Waals surface area contributed by atoms with E-state index in [4.69, 9.17) is 11.6 Å². The van der Waals surface area contributed by atoms with E-state index in [1.165, 1.54) is 12.7 Å². The monoisotopic (exact) mass is 401 g/mol. The van der Waals surface area contributed by atoms with Crippen molar-refractivity contribution in [2.45, 2.75) is 6.54 Å². The zero-order chi connectivity index (χ0) is 19.9. The van der Waals surface area contributed by atoms with E-state index in [0.29, 0.717) is 17.8 Å². The summed E-state index contributed by atoms with van der Waals surface area (Å²) >= 11 is 5.93. The SMILES string of the molecule is COC(=O)c1ccc(NC(=O)CN2CCN(Cc3ccc(Cl)cc3)CC2)cc1. The van der Waals surface area contributed by atoms with Gasteiger partial charge in [0.05, 0.1) is 19.2 Å². The standard InChI is InChI=1S/C21H24ClN3O3/c1-28-21(27)17-4-8-19(9-5-17)23-20(26)15-25-12-10-24(11-13-25)14-16-2-6-18(22)7-3-16/h2-9H,10-15H2,1H3,(H,23,26). The van der Waals surface area contributed by atoms with Gasteiger partial charge in [-0.2, -0.15) is 0 Å². The number of carbonyl (C=O) groups is 2. The summed E-state index contributed by atoms with van der Waals surface area (Å²) in [5.74, 6) is -0.452. The molecule has 3 rings (SSSR count). The van der Waals surface area contributed by atoms with Gasteiger partial charge in [0.25, 0.3) is 0 Å². The third-order valence-corrected chi connectivity index (χ3v) is 4.99. The van der Waals surface area contributed by atoms with E-state index < -0.39 is 5.97 Å². The quantitative estimate of drug-likeness (QED) is 0.754. The minimum absolute atomic E-state index is 0.0584. The number of rotatable bonds is 6. The maximum atomic E-state index is 12.3. The van der Waals surface area contributed by atoms with Gasteiger partial charge in [0.2, 0.25) is 5.91 Å². The predicted molar refractivity (Wildman–Crippen MR) is 110 cm³/mol. The Labute approximate surface area is 170 Å². The number of nitrogens with zero attached hydrogens (tertiary/aromatic N) is 2. The number of hydrogen-bond donors (Lipinski definition) is 1. The average molecular weight is 402 g/mol. The van der Waals surface area contributed by atoms with Crippen LogP contribution in [-0.4, -0.2) is 61.5 Å². The molecule has 1 saturated heterocycles. The first-order chi connectivity index (χ1) is 13.5. The molecule has 0 unspecified atom stereocenters. The number of hydrogen-bond acceptors (Lipinski definition) is 5. The van der Waals surface area contributed by atoms with Crippen LogP contribution in [0.5, 0.6) is 0 Å². The van der Waals surface area contributed by atoms with Crippen molar-refractivity contribution in [2.24, 2.45) is 0 Å². The summed E-state index contributed by atoms with van der Waals surface area (Å²) in [6.07, 6.45) is 0. The number of amides is 1. The summed E-state index contributed by atoms with van der Waals surface area (Å²) in [5, 5.41) is 3.62. The Hall–Kier alpha value is -2.41. The molecule has 1 aliphatic heterocycles. The van der Waals surface area contributed by atoms with Crippen LogP contribution in [0.15, 0.2) is 48.5 Å². The molecule has 1 fully saturated rings. The minimum atomic E-state index is -0.394. The molecular formula is C21H24ClN3O3. The Morgan fingerprint density at radius 1 is 0.964 bits per heavy atom. The molecule has 2 aromatic rings. The van der Waals surface area contributed by atoms with Gasteiger partial charge < -0.3 is 10.1 Å². The van der Waals surface area contributed by atoms with E-state index >= 15 is 0 Å². The second kappa shape index (κ2) is 9.68. The fraction of sp³-hybridized carbons (Fsp3) is 0.333. The van der Waals surface area contributed by atoms with Crippen LogP contribution in [0.4, 0.5) is 5.69 Å². The zero-order valence-electron chi connectivity index (χ0n) is 15.9. The van der Waals surface area contributed by atoms with Crippen molar-refractivity contribution in [3.8, 4) is 0 Å². The summed E-state index contributed by atoms with van der Waals surface area (Å²) in [5.41, 5.74) is 2.36. The lowest BCUT2D eigenvalue weighted by Crippen LogP contribution is -2.48. The van der Waals surface area contributed by atoms with E-state index in [1.54, 1.807) is 24.3 Å². The van der Waals surface area contributed by atoms with Gasteiger partial charge >= 0.3 is 5.97 Å². The van der Waals surface area contributed by atoms with E-state index in [9.17, 15) is 9.59 Å². The molecule has 0 atom stereocenters. The molecule has 0 aromatic heterocycles. The highest BCUT2D eigenvalue weighted by molar-refractivity contribution is 6.30. The second-order valence-electron chi connectivity index (χ2n) is 6.80. The molecule has 7 heteroatoms. The summed E-state index contributed by atoms with van der Waals surface area (Å²) < 4.78 is 4.67. The minimum Gasteiger partial charge on any atom is -0.465 e. The fourth-order valence-corrected chi connectivity index (χ4v) is 3.29. The van der Waals surface area contributed by atoms with Crippen molar-refractivity contribution in [1.29, 1.82) is 0 Å². The maximum Gasteiger partial charge on any atom is 0.337 e. The van der Waals surface area contributed by atoms with Gasteiger partial charge in [0.15, 0.2) is 0 Å².